The van der Waals surface area contributed by atoms with Gasteiger partial charge in [-0.1, -0.05) is 24.3 Å². The van der Waals surface area contributed by atoms with Crippen LogP contribution in [-0.4, -0.2) is 36.5 Å². The Balaban J connectivity index is 1.59. The minimum Gasteiger partial charge on any atom is -0.339 e. The Labute approximate surface area is 121 Å². The molecule has 108 valence electrons. The van der Waals surface area contributed by atoms with Crippen molar-refractivity contribution in [2.75, 3.05) is 19.6 Å². The highest BCUT2D eigenvalue weighted by molar-refractivity contribution is 5.77. The van der Waals surface area contributed by atoms with E-state index in [2.05, 4.69) is 48.3 Å². The average molecular weight is 272 g/mol. The van der Waals surface area contributed by atoms with Crippen molar-refractivity contribution >= 4 is 5.91 Å². The molecule has 20 heavy (non-hydrogen) atoms. The molecule has 2 aliphatic rings. The number of carbonyl (C=O) groups is 1. The fourth-order valence-corrected chi connectivity index (χ4v) is 3.77. The van der Waals surface area contributed by atoms with Gasteiger partial charge in [0, 0.05) is 32.1 Å². The molecular formula is C17H24N2O. The molecule has 3 atom stereocenters. The minimum atomic E-state index is 0.329. The number of carbonyl (C=O) groups excluding carboxylic acids is 1. The van der Waals surface area contributed by atoms with Crippen molar-refractivity contribution in [1.82, 2.24) is 10.2 Å². The van der Waals surface area contributed by atoms with Gasteiger partial charge in [-0.3, -0.25) is 4.79 Å². The predicted octanol–water partition coefficient (Wildman–Crippen LogP) is 1.99. The monoisotopic (exact) mass is 272 g/mol. The van der Waals surface area contributed by atoms with Crippen molar-refractivity contribution in [3.05, 3.63) is 35.4 Å². The molecule has 2 aliphatic heterocycles. The number of benzene rings is 1. The molecule has 0 spiro atoms. The Kier molecular flexibility index (Phi) is 3.79. The number of hydrogen-bond acceptors (Lipinski definition) is 2. The first-order chi connectivity index (χ1) is 9.66. The number of hydrogen-bond donors (Lipinski definition) is 1. The van der Waals surface area contributed by atoms with Crippen molar-refractivity contribution in [2.24, 2.45) is 11.8 Å². The molecule has 3 heteroatoms. The quantitative estimate of drug-likeness (QED) is 0.912. The summed E-state index contributed by atoms with van der Waals surface area (Å²) in [6.45, 7) is 7.44. The van der Waals surface area contributed by atoms with Gasteiger partial charge < -0.3 is 10.2 Å². The fraction of sp³-hybridized carbons (Fsp3) is 0.588. The molecule has 3 unspecified atom stereocenters. The molecule has 0 bridgehead atoms. The smallest absolute Gasteiger partial charge is 0.223 e. The average Bonchev–Trinajstić information content (AvgIpc) is 3.01. The van der Waals surface area contributed by atoms with E-state index in [0.29, 0.717) is 30.2 Å². The molecule has 0 radical (unpaired) electrons. The van der Waals surface area contributed by atoms with Gasteiger partial charge in [0.15, 0.2) is 0 Å². The van der Waals surface area contributed by atoms with Crippen LogP contribution < -0.4 is 5.32 Å². The van der Waals surface area contributed by atoms with Crippen LogP contribution in [0.1, 0.15) is 24.5 Å². The van der Waals surface area contributed by atoms with Crippen molar-refractivity contribution in [3.8, 4) is 0 Å². The summed E-state index contributed by atoms with van der Waals surface area (Å²) in [5, 5.41) is 3.44. The molecule has 2 saturated heterocycles. The van der Waals surface area contributed by atoms with Gasteiger partial charge in [0.25, 0.3) is 0 Å². The first-order valence-corrected chi connectivity index (χ1v) is 7.71. The number of likely N-dealkylation sites (tertiary alicyclic amines) is 1. The lowest BCUT2D eigenvalue weighted by atomic mass is 9.95. The van der Waals surface area contributed by atoms with E-state index in [1.54, 1.807) is 0 Å². The van der Waals surface area contributed by atoms with Crippen LogP contribution in [0.5, 0.6) is 0 Å². The minimum absolute atomic E-state index is 0.329. The summed E-state index contributed by atoms with van der Waals surface area (Å²) in [5.41, 5.74) is 2.59. The second-order valence-electron chi connectivity index (χ2n) is 6.30. The third kappa shape index (κ3) is 2.47. The Bertz CT molecular complexity index is 500. The molecule has 1 aromatic rings. The fourth-order valence-electron chi connectivity index (χ4n) is 3.77. The normalized spacial score (nSPS) is 28.7. The molecule has 0 saturated carbocycles. The topological polar surface area (TPSA) is 32.3 Å². The molecule has 0 aromatic heterocycles. The maximum atomic E-state index is 12.5. The molecular weight excluding hydrogens is 248 g/mol. The van der Waals surface area contributed by atoms with Crippen molar-refractivity contribution in [3.63, 3.8) is 0 Å². The summed E-state index contributed by atoms with van der Waals surface area (Å²) in [5.74, 6) is 1.67. The van der Waals surface area contributed by atoms with Crippen LogP contribution in [0.15, 0.2) is 24.3 Å². The van der Waals surface area contributed by atoms with E-state index in [-0.39, 0.29) is 0 Å². The maximum Gasteiger partial charge on any atom is 0.223 e. The van der Waals surface area contributed by atoms with E-state index in [4.69, 9.17) is 0 Å². The van der Waals surface area contributed by atoms with Crippen LogP contribution in [0.3, 0.4) is 0 Å². The molecule has 1 aromatic carbocycles. The zero-order valence-electron chi connectivity index (χ0n) is 12.4. The summed E-state index contributed by atoms with van der Waals surface area (Å²) >= 11 is 0. The highest BCUT2D eigenvalue weighted by Gasteiger charge is 2.43. The van der Waals surface area contributed by atoms with Gasteiger partial charge in [-0.2, -0.15) is 0 Å². The first-order valence-electron chi connectivity index (χ1n) is 7.71. The molecule has 1 amide bonds. The number of rotatable bonds is 3. The lowest BCUT2D eigenvalue weighted by Crippen LogP contribution is -2.38. The van der Waals surface area contributed by atoms with Crippen LogP contribution in [0.2, 0.25) is 0 Å². The van der Waals surface area contributed by atoms with E-state index in [1.165, 1.54) is 11.1 Å². The largest absolute Gasteiger partial charge is 0.339 e. The highest BCUT2D eigenvalue weighted by Crippen LogP contribution is 2.32. The number of nitrogens with zero attached hydrogens (tertiary/aromatic N) is 1. The molecule has 2 fully saturated rings. The van der Waals surface area contributed by atoms with Gasteiger partial charge in [0.05, 0.1) is 0 Å². The van der Waals surface area contributed by atoms with Crippen molar-refractivity contribution in [1.29, 1.82) is 0 Å². The molecule has 1 N–H and O–H groups in total. The summed E-state index contributed by atoms with van der Waals surface area (Å²) in [6, 6.07) is 8.77. The maximum absolute atomic E-state index is 12.5. The van der Waals surface area contributed by atoms with E-state index in [9.17, 15) is 4.79 Å². The predicted molar refractivity (Wildman–Crippen MR) is 80.5 cm³/mol. The molecule has 3 nitrogen and oxygen atoms in total. The molecule has 3 rings (SSSR count). The van der Waals surface area contributed by atoms with E-state index in [1.807, 2.05) is 0 Å². The van der Waals surface area contributed by atoms with Crippen LogP contribution in [0.25, 0.3) is 0 Å². The van der Waals surface area contributed by atoms with Gasteiger partial charge in [-0.15, -0.1) is 0 Å². The van der Waals surface area contributed by atoms with E-state index in [0.717, 1.165) is 26.1 Å². The van der Waals surface area contributed by atoms with Crippen LogP contribution in [0.4, 0.5) is 0 Å². The van der Waals surface area contributed by atoms with Crippen LogP contribution in [-0.2, 0) is 11.2 Å². The number of fused-ring (bicyclic) bond motifs is 1. The summed E-state index contributed by atoms with van der Waals surface area (Å²) in [7, 11) is 0. The Morgan fingerprint density at radius 3 is 2.90 bits per heavy atom. The number of aryl methyl sites for hydroxylation is 2. The summed E-state index contributed by atoms with van der Waals surface area (Å²) < 4.78 is 0. The second-order valence-corrected chi connectivity index (χ2v) is 6.30. The lowest BCUT2D eigenvalue weighted by Gasteiger charge is -2.24. The van der Waals surface area contributed by atoms with Gasteiger partial charge in [-0.25, -0.2) is 0 Å². The standard InChI is InChI=1S/C17H24N2O/c1-12-5-3-4-6-14(12)7-8-17(20)19-11-15-9-18-10-16(15)13(19)2/h3-6,13,15-16,18H,7-11H2,1-2H3. The summed E-state index contributed by atoms with van der Waals surface area (Å²) in [6.07, 6.45) is 1.50. The van der Waals surface area contributed by atoms with Crippen molar-refractivity contribution in [2.45, 2.75) is 32.7 Å². The van der Waals surface area contributed by atoms with Gasteiger partial charge in [0.2, 0.25) is 5.91 Å². The SMILES string of the molecule is Cc1ccccc1CCC(=O)N1CC2CNCC2C1C. The Hall–Kier alpha value is -1.35. The third-order valence-electron chi connectivity index (χ3n) is 5.12. The Morgan fingerprint density at radius 1 is 1.35 bits per heavy atom. The van der Waals surface area contributed by atoms with Gasteiger partial charge in [0.1, 0.15) is 0 Å². The molecule has 2 heterocycles. The summed E-state index contributed by atoms with van der Waals surface area (Å²) in [4.78, 5) is 14.6. The third-order valence-corrected chi connectivity index (χ3v) is 5.12. The van der Waals surface area contributed by atoms with Crippen LogP contribution >= 0.6 is 0 Å². The number of nitrogens with one attached hydrogen (secondary N) is 1. The van der Waals surface area contributed by atoms with Crippen molar-refractivity contribution < 1.29 is 4.79 Å². The van der Waals surface area contributed by atoms with Gasteiger partial charge in [-0.05, 0) is 43.2 Å². The highest BCUT2D eigenvalue weighted by atomic mass is 16.2. The Morgan fingerprint density at radius 2 is 2.15 bits per heavy atom. The number of amides is 1. The molecule has 0 aliphatic carbocycles. The zero-order chi connectivity index (χ0) is 14.1. The lowest BCUT2D eigenvalue weighted by molar-refractivity contribution is -0.132. The first kappa shape index (κ1) is 13.6. The second kappa shape index (κ2) is 5.57. The zero-order valence-corrected chi connectivity index (χ0v) is 12.4. The van der Waals surface area contributed by atoms with E-state index >= 15 is 0 Å². The van der Waals surface area contributed by atoms with E-state index < -0.39 is 0 Å². The van der Waals surface area contributed by atoms with Crippen LogP contribution in [0, 0.1) is 18.8 Å². The van der Waals surface area contributed by atoms with Gasteiger partial charge >= 0.3 is 0 Å².